The van der Waals surface area contributed by atoms with E-state index in [1.165, 1.54) is 16.5 Å². The van der Waals surface area contributed by atoms with E-state index in [1.807, 2.05) is 50.3 Å². The average Bonchev–Trinajstić information content (AvgIpc) is 2.96. The highest BCUT2D eigenvalue weighted by Crippen LogP contribution is 2.31. The molecule has 1 atom stereocenters. The first-order chi connectivity index (χ1) is 10.3. The predicted octanol–water partition coefficient (Wildman–Crippen LogP) is 3.34. The van der Waals surface area contributed by atoms with Gasteiger partial charge in [-0.15, -0.1) is 10.2 Å². The number of nitrogens with one attached hydrogen (secondary N) is 1. The number of carbonyl (C=O) groups excluding carboxylic acids is 1. The van der Waals surface area contributed by atoms with Gasteiger partial charge in [0, 0.05) is 5.54 Å². The van der Waals surface area contributed by atoms with Crippen molar-refractivity contribution in [2.24, 2.45) is 0 Å². The number of nitrogens with zero attached hydrogens (tertiary/aromatic N) is 3. The number of benzene rings is 1. The Kier molecular flexibility index (Phi) is 3.86. The molecule has 0 radical (unpaired) electrons. The van der Waals surface area contributed by atoms with Gasteiger partial charge in [0.05, 0.1) is 15.5 Å². The number of aromatic nitrogens is 3. The molecule has 3 aromatic rings. The number of para-hydroxylation sites is 1. The summed E-state index contributed by atoms with van der Waals surface area (Å²) in [6, 6.07) is 8.13. The van der Waals surface area contributed by atoms with Gasteiger partial charge in [0.15, 0.2) is 5.16 Å². The number of thioether (sulfide) groups is 1. The van der Waals surface area contributed by atoms with Crippen LogP contribution in [0.15, 0.2) is 29.4 Å². The van der Waals surface area contributed by atoms with Crippen LogP contribution in [-0.4, -0.2) is 31.3 Å². The van der Waals surface area contributed by atoms with Gasteiger partial charge in [-0.3, -0.25) is 9.20 Å². The zero-order chi connectivity index (χ0) is 15.9. The molecule has 5 nitrogen and oxygen atoms in total. The number of carbonyl (C=O) groups is 1. The maximum atomic E-state index is 12.2. The molecule has 1 N–H and O–H groups in total. The highest BCUT2D eigenvalue weighted by Gasteiger charge is 2.23. The molecular formula is C15H18N4OS2. The smallest absolute Gasteiger partial charge is 0.233 e. The van der Waals surface area contributed by atoms with Crippen LogP contribution in [0, 0.1) is 0 Å². The van der Waals surface area contributed by atoms with Crippen molar-refractivity contribution < 1.29 is 4.79 Å². The Hall–Kier alpha value is -1.60. The fraction of sp³-hybridized carbons (Fsp3) is 0.400. The number of amides is 1. The summed E-state index contributed by atoms with van der Waals surface area (Å²) < 4.78 is 3.19. The summed E-state index contributed by atoms with van der Waals surface area (Å²) in [5.74, 6) is 0.00813. The number of hydrogen-bond donors (Lipinski definition) is 1. The van der Waals surface area contributed by atoms with Gasteiger partial charge in [-0.05, 0) is 39.8 Å². The lowest BCUT2D eigenvalue weighted by Gasteiger charge is -2.22. The fourth-order valence-electron chi connectivity index (χ4n) is 2.11. The Bertz CT molecular complexity index is 831. The standard InChI is InChI=1S/C15H18N4OS2/c1-9(12(20)16-15(2,3)4)21-13-17-18-14-19(13)10-7-5-6-8-11(10)22-14/h5-9H,1-4H3,(H,16,20). The third-order valence-corrected chi connectivity index (χ3v) is 5.12. The largest absolute Gasteiger partial charge is 0.351 e. The van der Waals surface area contributed by atoms with Gasteiger partial charge in [-0.25, -0.2) is 0 Å². The monoisotopic (exact) mass is 334 g/mol. The SMILES string of the molecule is CC(Sc1nnc2sc3ccccc3n12)C(=O)NC(C)(C)C. The maximum Gasteiger partial charge on any atom is 0.233 e. The van der Waals surface area contributed by atoms with Crippen molar-refractivity contribution in [2.45, 2.75) is 43.6 Å². The molecule has 1 aromatic carbocycles. The minimum absolute atomic E-state index is 0.00813. The predicted molar refractivity (Wildman–Crippen MR) is 91.6 cm³/mol. The molecule has 116 valence electrons. The first kappa shape index (κ1) is 15.3. The highest BCUT2D eigenvalue weighted by atomic mass is 32.2. The van der Waals surface area contributed by atoms with Crippen molar-refractivity contribution in [3.8, 4) is 0 Å². The minimum atomic E-state index is -0.235. The lowest BCUT2D eigenvalue weighted by molar-refractivity contribution is -0.121. The van der Waals surface area contributed by atoms with Crippen molar-refractivity contribution in [1.82, 2.24) is 19.9 Å². The van der Waals surface area contributed by atoms with E-state index in [0.29, 0.717) is 0 Å². The molecular weight excluding hydrogens is 316 g/mol. The van der Waals surface area contributed by atoms with Crippen LogP contribution in [0.5, 0.6) is 0 Å². The van der Waals surface area contributed by atoms with Crippen LogP contribution in [0.25, 0.3) is 15.2 Å². The van der Waals surface area contributed by atoms with E-state index in [-0.39, 0.29) is 16.7 Å². The van der Waals surface area contributed by atoms with Crippen LogP contribution in [0.2, 0.25) is 0 Å². The van der Waals surface area contributed by atoms with Crippen LogP contribution < -0.4 is 5.32 Å². The number of hydrogen-bond acceptors (Lipinski definition) is 5. The van der Waals surface area contributed by atoms with Crippen molar-refractivity contribution in [2.75, 3.05) is 0 Å². The normalized spacial score (nSPS) is 13.6. The molecule has 0 fully saturated rings. The maximum absolute atomic E-state index is 12.2. The number of fused-ring (bicyclic) bond motifs is 3. The molecule has 0 saturated heterocycles. The van der Waals surface area contributed by atoms with Crippen molar-refractivity contribution in [3.63, 3.8) is 0 Å². The molecule has 0 aliphatic carbocycles. The Morgan fingerprint density at radius 1 is 1.32 bits per heavy atom. The second-order valence-corrected chi connectivity index (χ2v) is 8.49. The van der Waals surface area contributed by atoms with Gasteiger partial charge in [0.1, 0.15) is 0 Å². The molecule has 1 unspecified atom stereocenters. The van der Waals surface area contributed by atoms with Crippen LogP contribution in [0.3, 0.4) is 0 Å². The molecule has 0 spiro atoms. The molecule has 22 heavy (non-hydrogen) atoms. The van der Waals surface area contributed by atoms with E-state index in [0.717, 1.165) is 15.6 Å². The lowest BCUT2D eigenvalue weighted by Crippen LogP contribution is -2.44. The van der Waals surface area contributed by atoms with Gasteiger partial charge in [0.25, 0.3) is 0 Å². The highest BCUT2D eigenvalue weighted by molar-refractivity contribution is 8.00. The van der Waals surface area contributed by atoms with E-state index >= 15 is 0 Å². The van der Waals surface area contributed by atoms with Crippen LogP contribution in [-0.2, 0) is 4.79 Å². The molecule has 1 amide bonds. The Morgan fingerprint density at radius 3 is 2.77 bits per heavy atom. The fourth-order valence-corrected chi connectivity index (χ4v) is 4.00. The zero-order valence-corrected chi connectivity index (χ0v) is 14.6. The molecule has 0 saturated carbocycles. The Morgan fingerprint density at radius 2 is 2.05 bits per heavy atom. The van der Waals surface area contributed by atoms with E-state index in [1.54, 1.807) is 11.3 Å². The molecule has 2 aromatic heterocycles. The Balaban J connectivity index is 1.89. The zero-order valence-electron chi connectivity index (χ0n) is 13.0. The second-order valence-electron chi connectivity index (χ2n) is 6.17. The third kappa shape index (κ3) is 2.96. The third-order valence-electron chi connectivity index (χ3n) is 3.06. The van der Waals surface area contributed by atoms with Gasteiger partial charge < -0.3 is 5.32 Å². The summed E-state index contributed by atoms with van der Waals surface area (Å²) in [4.78, 5) is 13.1. The summed E-state index contributed by atoms with van der Waals surface area (Å²) in [6.45, 7) is 7.82. The molecule has 0 aliphatic heterocycles. The summed E-state index contributed by atoms with van der Waals surface area (Å²) in [7, 11) is 0. The average molecular weight is 334 g/mol. The van der Waals surface area contributed by atoms with E-state index < -0.39 is 0 Å². The quantitative estimate of drug-likeness (QED) is 0.746. The summed E-state index contributed by atoms with van der Waals surface area (Å²) >= 11 is 3.04. The topological polar surface area (TPSA) is 59.3 Å². The summed E-state index contributed by atoms with van der Waals surface area (Å²) in [5, 5.41) is 12.0. The molecule has 7 heteroatoms. The van der Waals surface area contributed by atoms with Crippen molar-refractivity contribution in [1.29, 1.82) is 0 Å². The van der Waals surface area contributed by atoms with E-state index in [2.05, 4.69) is 21.6 Å². The van der Waals surface area contributed by atoms with E-state index in [4.69, 9.17) is 0 Å². The number of thiazole rings is 1. The second kappa shape index (κ2) is 5.55. The van der Waals surface area contributed by atoms with Crippen molar-refractivity contribution >= 4 is 44.2 Å². The van der Waals surface area contributed by atoms with Crippen LogP contribution in [0.1, 0.15) is 27.7 Å². The summed E-state index contributed by atoms with van der Waals surface area (Å²) in [6.07, 6.45) is 0. The van der Waals surface area contributed by atoms with Crippen molar-refractivity contribution in [3.05, 3.63) is 24.3 Å². The first-order valence-electron chi connectivity index (χ1n) is 7.06. The first-order valence-corrected chi connectivity index (χ1v) is 8.76. The molecule has 0 aliphatic rings. The molecule has 0 bridgehead atoms. The van der Waals surface area contributed by atoms with Gasteiger partial charge in [-0.1, -0.05) is 35.2 Å². The Labute approximate surface area is 137 Å². The minimum Gasteiger partial charge on any atom is -0.351 e. The van der Waals surface area contributed by atoms with Gasteiger partial charge >= 0.3 is 0 Å². The number of rotatable bonds is 3. The lowest BCUT2D eigenvalue weighted by atomic mass is 10.1. The van der Waals surface area contributed by atoms with E-state index in [9.17, 15) is 4.79 Å². The van der Waals surface area contributed by atoms with Gasteiger partial charge in [-0.2, -0.15) is 0 Å². The van der Waals surface area contributed by atoms with Crippen LogP contribution in [0.4, 0.5) is 0 Å². The van der Waals surface area contributed by atoms with Crippen LogP contribution >= 0.6 is 23.1 Å². The molecule has 3 rings (SSSR count). The molecule has 2 heterocycles. The summed E-state index contributed by atoms with van der Waals surface area (Å²) in [5.41, 5.74) is 0.847. The van der Waals surface area contributed by atoms with Gasteiger partial charge in [0.2, 0.25) is 10.9 Å².